The van der Waals surface area contributed by atoms with Crippen molar-refractivity contribution >= 4 is 22.2 Å². The molecule has 0 aliphatic carbocycles. The van der Waals surface area contributed by atoms with E-state index in [4.69, 9.17) is 0 Å². The molecule has 0 saturated carbocycles. The molecular weight excluding hydrogens is 232 g/mol. The van der Waals surface area contributed by atoms with Gasteiger partial charge in [0.1, 0.15) is 5.52 Å². The molecule has 0 aromatic carbocycles. The van der Waals surface area contributed by atoms with Gasteiger partial charge < -0.3 is 4.98 Å². The average molecular weight is 240 g/mol. The van der Waals surface area contributed by atoms with E-state index in [0.717, 1.165) is 16.6 Å². The standard InChI is InChI=1S/2C5H4N4/c1-4-2-8-9-5(4)3-7-6-1;1-2-7-5-4(6-1)8-3-9-5/h1-3H,(H,8,9);1-3H,(H,6,7,8,9). The van der Waals surface area contributed by atoms with Crippen LogP contribution in [0.3, 0.4) is 0 Å². The quantitative estimate of drug-likeness (QED) is 0.468. The summed E-state index contributed by atoms with van der Waals surface area (Å²) in [4.78, 5) is 14.6. The van der Waals surface area contributed by atoms with Crippen molar-refractivity contribution in [1.82, 2.24) is 40.3 Å². The molecule has 88 valence electrons. The molecule has 0 amide bonds. The lowest BCUT2D eigenvalue weighted by atomic mass is 10.4. The van der Waals surface area contributed by atoms with Gasteiger partial charge in [0.15, 0.2) is 11.3 Å². The number of aromatic nitrogens is 8. The zero-order chi connectivity index (χ0) is 12.2. The van der Waals surface area contributed by atoms with E-state index in [1.165, 1.54) is 0 Å². The van der Waals surface area contributed by atoms with Gasteiger partial charge in [0, 0.05) is 24.0 Å². The Bertz CT molecular complexity index is 632. The minimum atomic E-state index is 0.664. The second kappa shape index (κ2) is 4.53. The molecular formula is C10H8N8. The minimum Gasteiger partial charge on any atom is -0.328 e. The largest absolute Gasteiger partial charge is 0.328 e. The highest BCUT2D eigenvalue weighted by atomic mass is 15.1. The van der Waals surface area contributed by atoms with Crippen LogP contribution >= 0.6 is 0 Å². The van der Waals surface area contributed by atoms with Crippen LogP contribution in [0.15, 0.2) is 37.3 Å². The fourth-order valence-corrected chi connectivity index (χ4v) is 1.38. The van der Waals surface area contributed by atoms with Crippen LogP contribution in [0.5, 0.6) is 0 Å². The monoisotopic (exact) mass is 240 g/mol. The molecule has 0 saturated heterocycles. The Kier molecular flexibility index (Phi) is 2.59. The molecule has 0 unspecified atom stereocenters. The number of rotatable bonds is 0. The molecule has 4 heterocycles. The summed E-state index contributed by atoms with van der Waals surface area (Å²) >= 11 is 0. The van der Waals surface area contributed by atoms with E-state index in [1.54, 1.807) is 37.3 Å². The number of nitrogens with zero attached hydrogens (tertiary/aromatic N) is 6. The molecule has 0 atom stereocenters. The number of hydrogen-bond donors (Lipinski definition) is 2. The van der Waals surface area contributed by atoms with Gasteiger partial charge in [-0.3, -0.25) is 5.10 Å². The minimum absolute atomic E-state index is 0.664. The Morgan fingerprint density at radius 1 is 0.944 bits per heavy atom. The van der Waals surface area contributed by atoms with Crippen LogP contribution in [0.25, 0.3) is 22.2 Å². The first-order valence-corrected chi connectivity index (χ1v) is 5.14. The first kappa shape index (κ1) is 10.3. The Balaban J connectivity index is 0.000000111. The molecule has 2 N–H and O–H groups in total. The predicted octanol–water partition coefficient (Wildman–Crippen LogP) is 0.706. The van der Waals surface area contributed by atoms with Crippen molar-refractivity contribution < 1.29 is 0 Å². The van der Waals surface area contributed by atoms with Gasteiger partial charge >= 0.3 is 0 Å². The van der Waals surface area contributed by atoms with Gasteiger partial charge in [-0.15, -0.1) is 0 Å². The summed E-state index contributed by atoms with van der Waals surface area (Å²) in [5, 5.41) is 14.9. The van der Waals surface area contributed by atoms with Gasteiger partial charge in [0.25, 0.3) is 0 Å². The molecule has 0 bridgehead atoms. The van der Waals surface area contributed by atoms with Gasteiger partial charge in [-0.25, -0.2) is 15.0 Å². The predicted molar refractivity (Wildman–Crippen MR) is 63.4 cm³/mol. The number of H-pyrrole nitrogens is 2. The second-order valence-corrected chi connectivity index (χ2v) is 3.35. The average Bonchev–Trinajstić information content (AvgIpc) is 3.08. The van der Waals surface area contributed by atoms with Crippen LogP contribution in [0, 0.1) is 0 Å². The molecule has 4 rings (SSSR count). The van der Waals surface area contributed by atoms with Gasteiger partial charge in [0.2, 0.25) is 0 Å². The molecule has 4 aromatic heterocycles. The van der Waals surface area contributed by atoms with Crippen LogP contribution in [0.4, 0.5) is 0 Å². The number of nitrogens with one attached hydrogen (secondary N) is 2. The molecule has 8 nitrogen and oxygen atoms in total. The summed E-state index contributed by atoms with van der Waals surface area (Å²) < 4.78 is 0. The Morgan fingerprint density at radius 2 is 1.83 bits per heavy atom. The third-order valence-electron chi connectivity index (χ3n) is 2.21. The maximum absolute atomic E-state index is 3.96. The van der Waals surface area contributed by atoms with Crippen molar-refractivity contribution in [1.29, 1.82) is 0 Å². The van der Waals surface area contributed by atoms with Crippen LogP contribution < -0.4 is 0 Å². The Morgan fingerprint density at radius 3 is 2.72 bits per heavy atom. The summed E-state index contributed by atoms with van der Waals surface area (Å²) in [6.07, 6.45) is 9.88. The summed E-state index contributed by atoms with van der Waals surface area (Å²) in [5.74, 6) is 0. The van der Waals surface area contributed by atoms with E-state index in [2.05, 4.69) is 40.3 Å². The van der Waals surface area contributed by atoms with Crippen molar-refractivity contribution in [3.8, 4) is 0 Å². The van der Waals surface area contributed by atoms with Gasteiger partial charge in [-0.2, -0.15) is 15.3 Å². The lowest BCUT2D eigenvalue weighted by molar-refractivity contribution is 1.04. The molecule has 0 aliphatic heterocycles. The second-order valence-electron chi connectivity index (χ2n) is 3.35. The molecule has 0 spiro atoms. The maximum Gasteiger partial charge on any atom is 0.197 e. The van der Waals surface area contributed by atoms with E-state index in [-0.39, 0.29) is 0 Å². The lowest BCUT2D eigenvalue weighted by Gasteiger charge is -1.80. The fraction of sp³-hybridized carbons (Fsp3) is 0. The van der Waals surface area contributed by atoms with Gasteiger partial charge in [0.05, 0.1) is 18.7 Å². The summed E-state index contributed by atoms with van der Waals surface area (Å²) in [6, 6.07) is 0. The fourth-order valence-electron chi connectivity index (χ4n) is 1.38. The summed E-state index contributed by atoms with van der Waals surface area (Å²) in [6.45, 7) is 0. The molecule has 18 heavy (non-hydrogen) atoms. The Labute approximate surface area is 101 Å². The number of hydrogen-bond acceptors (Lipinski definition) is 6. The van der Waals surface area contributed by atoms with Crippen molar-refractivity contribution in [2.75, 3.05) is 0 Å². The normalized spacial score (nSPS) is 10.2. The lowest BCUT2D eigenvalue weighted by Crippen LogP contribution is -1.77. The van der Waals surface area contributed by atoms with Gasteiger partial charge in [-0.05, 0) is 0 Å². The SMILES string of the molecule is c1cnc2[nH]cnc2n1.c1nncc2n[nH]cc12. The van der Waals surface area contributed by atoms with Gasteiger partial charge in [-0.1, -0.05) is 0 Å². The van der Waals surface area contributed by atoms with Crippen LogP contribution in [0.2, 0.25) is 0 Å². The van der Waals surface area contributed by atoms with E-state index in [1.807, 2.05) is 0 Å². The zero-order valence-electron chi connectivity index (χ0n) is 9.15. The van der Waals surface area contributed by atoms with Crippen molar-refractivity contribution in [2.24, 2.45) is 0 Å². The van der Waals surface area contributed by atoms with Crippen molar-refractivity contribution in [2.45, 2.75) is 0 Å². The van der Waals surface area contributed by atoms with Crippen LogP contribution in [0.1, 0.15) is 0 Å². The molecule has 0 radical (unpaired) electrons. The number of imidazole rings is 1. The summed E-state index contributed by atoms with van der Waals surface area (Å²) in [7, 11) is 0. The van der Waals surface area contributed by atoms with E-state index in [0.29, 0.717) is 5.65 Å². The first-order valence-electron chi connectivity index (χ1n) is 5.14. The Hall–Kier alpha value is -2.90. The first-order chi connectivity index (χ1) is 8.93. The zero-order valence-corrected chi connectivity index (χ0v) is 9.15. The highest BCUT2D eigenvalue weighted by Crippen LogP contribution is 2.03. The third kappa shape index (κ3) is 1.98. The highest BCUT2D eigenvalue weighted by Gasteiger charge is 1.92. The van der Waals surface area contributed by atoms with E-state index >= 15 is 0 Å². The summed E-state index contributed by atoms with van der Waals surface area (Å²) in [5.41, 5.74) is 2.25. The molecule has 0 aliphatic rings. The number of aromatic amines is 2. The molecule has 0 fully saturated rings. The van der Waals surface area contributed by atoms with Crippen molar-refractivity contribution in [3.05, 3.63) is 37.3 Å². The van der Waals surface area contributed by atoms with E-state index in [9.17, 15) is 0 Å². The van der Waals surface area contributed by atoms with E-state index < -0.39 is 0 Å². The third-order valence-corrected chi connectivity index (χ3v) is 2.21. The number of fused-ring (bicyclic) bond motifs is 2. The molecule has 4 aromatic rings. The van der Waals surface area contributed by atoms with Crippen LogP contribution in [-0.4, -0.2) is 40.3 Å². The highest BCUT2D eigenvalue weighted by molar-refractivity contribution is 5.75. The van der Waals surface area contributed by atoms with Crippen molar-refractivity contribution in [3.63, 3.8) is 0 Å². The topological polar surface area (TPSA) is 109 Å². The van der Waals surface area contributed by atoms with Crippen LogP contribution in [-0.2, 0) is 0 Å². The maximum atomic E-state index is 3.96. The smallest absolute Gasteiger partial charge is 0.197 e. The molecule has 8 heteroatoms.